The lowest BCUT2D eigenvalue weighted by Crippen LogP contribution is -2.25. The summed E-state index contributed by atoms with van der Waals surface area (Å²) in [5.41, 5.74) is 1.34. The van der Waals surface area contributed by atoms with E-state index in [1.807, 2.05) is 0 Å². The van der Waals surface area contributed by atoms with E-state index in [0.717, 1.165) is 25.4 Å². The number of anilines is 1. The molecule has 0 saturated heterocycles. The maximum Gasteiger partial charge on any atom is 0.119 e. The van der Waals surface area contributed by atoms with Gasteiger partial charge in [-0.3, -0.25) is 0 Å². The van der Waals surface area contributed by atoms with E-state index >= 15 is 0 Å². The largest absolute Gasteiger partial charge is 0.494 e. The van der Waals surface area contributed by atoms with Crippen LogP contribution in [-0.2, 0) is 0 Å². The standard InChI is InChI=1S/C22H39NO/c1-4-7-10-11-12-13-20-24-22-16-14-21(15-17-22)23(18-8-5-2)19-9-6-3/h14-17H,4-13,18-20H2,1-3H3. The SMILES string of the molecule is CCCCCCCCOc1ccc(N(CCCC)CCCC)cc1. The van der Waals surface area contributed by atoms with Crippen LogP contribution in [-0.4, -0.2) is 19.7 Å². The van der Waals surface area contributed by atoms with Crippen LogP contribution in [0.1, 0.15) is 85.0 Å². The molecule has 0 aromatic heterocycles. The molecule has 2 heteroatoms. The van der Waals surface area contributed by atoms with E-state index in [4.69, 9.17) is 4.74 Å². The molecule has 1 aromatic carbocycles. The quantitative estimate of drug-likeness (QED) is 0.326. The molecule has 0 aliphatic heterocycles. The number of ether oxygens (including phenoxy) is 1. The van der Waals surface area contributed by atoms with E-state index in [1.54, 1.807) is 0 Å². The van der Waals surface area contributed by atoms with Crippen molar-refractivity contribution in [2.75, 3.05) is 24.6 Å². The summed E-state index contributed by atoms with van der Waals surface area (Å²) >= 11 is 0. The van der Waals surface area contributed by atoms with Crippen molar-refractivity contribution < 1.29 is 4.74 Å². The number of hydrogen-bond donors (Lipinski definition) is 0. The van der Waals surface area contributed by atoms with Gasteiger partial charge >= 0.3 is 0 Å². The summed E-state index contributed by atoms with van der Waals surface area (Å²) in [6, 6.07) is 8.72. The van der Waals surface area contributed by atoms with Gasteiger partial charge in [0.2, 0.25) is 0 Å². The average Bonchev–Trinajstić information content (AvgIpc) is 2.62. The third-order valence-electron chi connectivity index (χ3n) is 4.53. The molecule has 24 heavy (non-hydrogen) atoms. The van der Waals surface area contributed by atoms with E-state index in [2.05, 4.69) is 49.9 Å². The van der Waals surface area contributed by atoms with E-state index in [-0.39, 0.29) is 0 Å². The highest BCUT2D eigenvalue weighted by Gasteiger charge is 2.05. The summed E-state index contributed by atoms with van der Waals surface area (Å²) in [7, 11) is 0. The van der Waals surface area contributed by atoms with Gasteiger partial charge in [0.05, 0.1) is 6.61 Å². The van der Waals surface area contributed by atoms with Crippen molar-refractivity contribution in [1.82, 2.24) is 0 Å². The first-order valence-corrected chi connectivity index (χ1v) is 10.3. The van der Waals surface area contributed by atoms with Crippen LogP contribution < -0.4 is 9.64 Å². The van der Waals surface area contributed by atoms with Gasteiger partial charge in [0.15, 0.2) is 0 Å². The van der Waals surface area contributed by atoms with Crippen LogP contribution in [0.5, 0.6) is 5.75 Å². The predicted molar refractivity (Wildman–Crippen MR) is 107 cm³/mol. The minimum absolute atomic E-state index is 0.848. The number of hydrogen-bond acceptors (Lipinski definition) is 2. The maximum absolute atomic E-state index is 5.89. The van der Waals surface area contributed by atoms with Crippen molar-refractivity contribution in [3.05, 3.63) is 24.3 Å². The molecule has 0 spiro atoms. The molecule has 138 valence electrons. The monoisotopic (exact) mass is 333 g/mol. The average molecular weight is 334 g/mol. The number of nitrogens with zero attached hydrogens (tertiary/aromatic N) is 1. The Morgan fingerprint density at radius 1 is 0.667 bits per heavy atom. The molecule has 0 N–H and O–H groups in total. The van der Waals surface area contributed by atoms with Crippen molar-refractivity contribution in [2.45, 2.75) is 85.0 Å². The molecule has 0 saturated carbocycles. The van der Waals surface area contributed by atoms with Gasteiger partial charge in [0, 0.05) is 18.8 Å². The van der Waals surface area contributed by atoms with Crippen LogP contribution in [0.4, 0.5) is 5.69 Å². The molecule has 1 rings (SSSR count). The van der Waals surface area contributed by atoms with Gasteiger partial charge in [-0.15, -0.1) is 0 Å². The molecule has 0 atom stereocenters. The van der Waals surface area contributed by atoms with Crippen molar-refractivity contribution >= 4 is 5.69 Å². The smallest absolute Gasteiger partial charge is 0.119 e. The van der Waals surface area contributed by atoms with E-state index < -0.39 is 0 Å². The Labute approximate surface area is 150 Å². The molecule has 0 amide bonds. The second-order valence-electron chi connectivity index (χ2n) is 6.80. The summed E-state index contributed by atoms with van der Waals surface area (Å²) in [4.78, 5) is 2.52. The lowest BCUT2D eigenvalue weighted by Gasteiger charge is -2.25. The molecule has 0 radical (unpaired) electrons. The predicted octanol–water partition coefficient (Wildman–Crippen LogP) is 6.83. The number of benzene rings is 1. The summed E-state index contributed by atoms with van der Waals surface area (Å²) in [5.74, 6) is 1.01. The molecule has 0 unspecified atom stereocenters. The van der Waals surface area contributed by atoms with Crippen LogP contribution in [0.3, 0.4) is 0 Å². The van der Waals surface area contributed by atoms with Gasteiger partial charge < -0.3 is 9.64 Å². The number of rotatable bonds is 15. The van der Waals surface area contributed by atoms with E-state index in [0.29, 0.717) is 0 Å². The second kappa shape index (κ2) is 14.2. The molecule has 0 bridgehead atoms. The van der Waals surface area contributed by atoms with Crippen LogP contribution in [0.25, 0.3) is 0 Å². The van der Waals surface area contributed by atoms with Crippen LogP contribution >= 0.6 is 0 Å². The van der Waals surface area contributed by atoms with E-state index in [9.17, 15) is 0 Å². The first kappa shape index (κ1) is 20.9. The van der Waals surface area contributed by atoms with Crippen LogP contribution in [0.2, 0.25) is 0 Å². The third-order valence-corrected chi connectivity index (χ3v) is 4.53. The zero-order chi connectivity index (χ0) is 17.5. The van der Waals surface area contributed by atoms with Gasteiger partial charge in [-0.25, -0.2) is 0 Å². The van der Waals surface area contributed by atoms with Crippen LogP contribution in [0.15, 0.2) is 24.3 Å². The summed E-state index contributed by atoms with van der Waals surface area (Å²) in [6.07, 6.45) is 12.9. The fourth-order valence-corrected chi connectivity index (χ4v) is 2.89. The Hall–Kier alpha value is -1.18. The lowest BCUT2D eigenvalue weighted by molar-refractivity contribution is 0.304. The second-order valence-corrected chi connectivity index (χ2v) is 6.80. The minimum Gasteiger partial charge on any atom is -0.494 e. The topological polar surface area (TPSA) is 12.5 Å². The fourth-order valence-electron chi connectivity index (χ4n) is 2.89. The fraction of sp³-hybridized carbons (Fsp3) is 0.727. The van der Waals surface area contributed by atoms with Crippen molar-refractivity contribution in [3.63, 3.8) is 0 Å². The lowest BCUT2D eigenvalue weighted by atomic mass is 10.1. The summed E-state index contributed by atoms with van der Waals surface area (Å²) in [6.45, 7) is 9.95. The highest BCUT2D eigenvalue weighted by Crippen LogP contribution is 2.21. The normalized spacial score (nSPS) is 10.8. The third kappa shape index (κ3) is 9.20. The molecule has 0 fully saturated rings. The van der Waals surface area contributed by atoms with Crippen molar-refractivity contribution in [3.8, 4) is 5.75 Å². The summed E-state index contributed by atoms with van der Waals surface area (Å²) < 4.78 is 5.89. The van der Waals surface area contributed by atoms with Gasteiger partial charge in [0.1, 0.15) is 5.75 Å². The Morgan fingerprint density at radius 2 is 1.21 bits per heavy atom. The van der Waals surface area contributed by atoms with Crippen molar-refractivity contribution in [2.24, 2.45) is 0 Å². The maximum atomic E-state index is 5.89. The molecule has 0 aliphatic rings. The Morgan fingerprint density at radius 3 is 1.79 bits per heavy atom. The molecule has 2 nitrogen and oxygen atoms in total. The zero-order valence-corrected chi connectivity index (χ0v) is 16.4. The molecule has 0 aliphatic carbocycles. The zero-order valence-electron chi connectivity index (χ0n) is 16.4. The first-order valence-electron chi connectivity index (χ1n) is 10.3. The van der Waals surface area contributed by atoms with Crippen molar-refractivity contribution in [1.29, 1.82) is 0 Å². The minimum atomic E-state index is 0.848. The Kier molecular flexibility index (Phi) is 12.3. The molecule has 0 heterocycles. The highest BCUT2D eigenvalue weighted by molar-refractivity contribution is 5.49. The highest BCUT2D eigenvalue weighted by atomic mass is 16.5. The van der Waals surface area contributed by atoms with Crippen LogP contribution in [0, 0.1) is 0 Å². The van der Waals surface area contributed by atoms with Gasteiger partial charge in [0.25, 0.3) is 0 Å². The Balaban J connectivity index is 2.34. The molecule has 1 aromatic rings. The van der Waals surface area contributed by atoms with Gasteiger partial charge in [-0.1, -0.05) is 65.7 Å². The molecular formula is C22H39NO. The summed E-state index contributed by atoms with van der Waals surface area (Å²) in [5, 5.41) is 0. The van der Waals surface area contributed by atoms with E-state index in [1.165, 1.54) is 69.9 Å². The van der Waals surface area contributed by atoms with Gasteiger partial charge in [-0.05, 0) is 43.5 Å². The molecular weight excluding hydrogens is 294 g/mol. The first-order chi connectivity index (χ1) is 11.8. The van der Waals surface area contributed by atoms with Gasteiger partial charge in [-0.2, -0.15) is 0 Å². The number of unbranched alkanes of at least 4 members (excludes halogenated alkanes) is 7. The Bertz CT molecular complexity index is 379.